The number of hydrogen-bond donors (Lipinski definition) is 1. The fraction of sp³-hybridized carbons (Fsp3) is 0.407. The Morgan fingerprint density at radius 3 is 3.06 bits per heavy atom. The van der Waals surface area contributed by atoms with Gasteiger partial charge in [-0.25, -0.2) is 19.7 Å². The summed E-state index contributed by atoms with van der Waals surface area (Å²) >= 11 is 0. The number of amides is 1. The van der Waals surface area contributed by atoms with Crippen LogP contribution in [0.15, 0.2) is 54.7 Å². The van der Waals surface area contributed by atoms with Crippen molar-refractivity contribution in [3.05, 3.63) is 65.8 Å². The largest absolute Gasteiger partial charge is 0.491 e. The number of imidazole rings is 1. The van der Waals surface area contributed by atoms with Crippen molar-refractivity contribution in [1.82, 2.24) is 24.8 Å². The van der Waals surface area contributed by atoms with E-state index in [0.717, 1.165) is 66.9 Å². The van der Waals surface area contributed by atoms with Crippen LogP contribution in [-0.2, 0) is 17.7 Å². The van der Waals surface area contributed by atoms with E-state index in [1.165, 1.54) is 5.56 Å². The second-order valence-electron chi connectivity index (χ2n) is 9.51. The second-order valence-corrected chi connectivity index (χ2v) is 9.51. The van der Waals surface area contributed by atoms with Crippen LogP contribution in [0.25, 0.3) is 11.2 Å². The van der Waals surface area contributed by atoms with Crippen molar-refractivity contribution in [1.29, 1.82) is 0 Å². The lowest BCUT2D eigenvalue weighted by molar-refractivity contribution is 0.104. The van der Waals surface area contributed by atoms with E-state index in [4.69, 9.17) is 9.47 Å². The van der Waals surface area contributed by atoms with Crippen LogP contribution in [0.2, 0.25) is 0 Å². The molecule has 1 fully saturated rings. The molecule has 9 nitrogen and oxygen atoms in total. The highest BCUT2D eigenvalue weighted by Gasteiger charge is 2.30. The first-order valence-corrected chi connectivity index (χ1v) is 12.7. The summed E-state index contributed by atoms with van der Waals surface area (Å²) in [6.45, 7) is 2.96. The Labute approximate surface area is 209 Å². The zero-order valence-corrected chi connectivity index (χ0v) is 20.2. The summed E-state index contributed by atoms with van der Waals surface area (Å²) in [5, 5.41) is 0. The van der Waals surface area contributed by atoms with Crippen LogP contribution in [0.1, 0.15) is 36.8 Å². The number of hydrogen-bond acceptors (Lipinski definition) is 7. The van der Waals surface area contributed by atoms with E-state index >= 15 is 0 Å². The third-order valence-corrected chi connectivity index (χ3v) is 7.25. The zero-order chi connectivity index (χ0) is 24.3. The third kappa shape index (κ3) is 4.53. The number of aromatic amines is 1. The van der Waals surface area contributed by atoms with Crippen LogP contribution in [0.3, 0.4) is 0 Å². The van der Waals surface area contributed by atoms with Gasteiger partial charge in [-0.05, 0) is 49.3 Å². The quantitative estimate of drug-likeness (QED) is 0.559. The molecule has 9 heteroatoms. The predicted octanol–water partition coefficient (Wildman–Crippen LogP) is 4.17. The molecule has 4 heterocycles. The molecule has 0 saturated carbocycles. The molecule has 1 unspecified atom stereocenters. The van der Waals surface area contributed by atoms with Crippen molar-refractivity contribution in [3.8, 4) is 5.75 Å². The van der Waals surface area contributed by atoms with Gasteiger partial charge in [0.1, 0.15) is 30.8 Å². The van der Waals surface area contributed by atoms with Crippen LogP contribution >= 0.6 is 0 Å². The number of ether oxygens (including phenoxy) is 2. The Kier molecular flexibility index (Phi) is 6.27. The number of anilines is 1. The van der Waals surface area contributed by atoms with Gasteiger partial charge in [-0.15, -0.1) is 0 Å². The summed E-state index contributed by atoms with van der Waals surface area (Å²) in [5.74, 6) is 1.71. The van der Waals surface area contributed by atoms with E-state index in [1.54, 1.807) is 17.6 Å². The highest BCUT2D eigenvalue weighted by Crippen LogP contribution is 2.31. The van der Waals surface area contributed by atoms with Gasteiger partial charge in [0.05, 0.1) is 18.9 Å². The number of H-pyrrole nitrogens is 1. The second kappa shape index (κ2) is 10.0. The molecule has 3 aromatic rings. The molecule has 6 rings (SSSR count). The molecule has 1 aromatic carbocycles. The zero-order valence-electron chi connectivity index (χ0n) is 20.2. The molecule has 3 aliphatic rings. The van der Waals surface area contributed by atoms with Gasteiger partial charge in [-0.3, -0.25) is 0 Å². The van der Waals surface area contributed by atoms with E-state index in [9.17, 15) is 4.79 Å². The first kappa shape index (κ1) is 22.6. The number of carbonyl (C=O) groups excluding carboxylic acids is 1. The van der Waals surface area contributed by atoms with Crippen molar-refractivity contribution in [2.24, 2.45) is 0 Å². The summed E-state index contributed by atoms with van der Waals surface area (Å²) in [7, 11) is 0. The lowest BCUT2D eigenvalue weighted by atomic mass is 9.99. The average Bonchev–Trinajstić information content (AvgIpc) is 3.60. The molecule has 2 aromatic heterocycles. The Balaban J connectivity index is 1.12. The smallest absolute Gasteiger partial charge is 0.410 e. The number of aromatic nitrogens is 4. The summed E-state index contributed by atoms with van der Waals surface area (Å²) in [6.07, 6.45) is 14.0. The molecular weight excluding hydrogens is 456 g/mol. The Morgan fingerprint density at radius 2 is 2.14 bits per heavy atom. The molecule has 0 spiro atoms. The van der Waals surface area contributed by atoms with E-state index in [1.807, 2.05) is 24.3 Å². The molecule has 1 saturated heterocycles. The SMILES string of the molecule is O=C(OCC1=CC=CCC1)N1CCc2cccc(OCC3CCCN3c3ncnc4nc[nH]c34)c2C1. The number of allylic oxidation sites excluding steroid dienone is 3. The molecule has 1 atom stereocenters. The van der Waals surface area contributed by atoms with Crippen molar-refractivity contribution >= 4 is 23.1 Å². The number of benzene rings is 1. The molecule has 1 amide bonds. The molecule has 2 aliphatic heterocycles. The Hall–Kier alpha value is -3.88. The topological polar surface area (TPSA) is 96.5 Å². The lowest BCUT2D eigenvalue weighted by Gasteiger charge is -2.30. The van der Waals surface area contributed by atoms with Gasteiger partial charge in [-0.2, -0.15) is 0 Å². The van der Waals surface area contributed by atoms with E-state index in [-0.39, 0.29) is 12.1 Å². The first-order valence-electron chi connectivity index (χ1n) is 12.7. The molecular formula is C27H30N6O3. The van der Waals surface area contributed by atoms with E-state index in [2.05, 4.69) is 37.0 Å². The van der Waals surface area contributed by atoms with Crippen LogP contribution < -0.4 is 9.64 Å². The predicted molar refractivity (Wildman–Crippen MR) is 136 cm³/mol. The third-order valence-electron chi connectivity index (χ3n) is 7.25. The molecule has 36 heavy (non-hydrogen) atoms. The van der Waals surface area contributed by atoms with Gasteiger partial charge in [0.25, 0.3) is 0 Å². The minimum absolute atomic E-state index is 0.199. The monoisotopic (exact) mass is 486 g/mol. The minimum Gasteiger partial charge on any atom is -0.491 e. The summed E-state index contributed by atoms with van der Waals surface area (Å²) in [4.78, 5) is 33.1. The summed E-state index contributed by atoms with van der Waals surface area (Å²) in [5.41, 5.74) is 4.99. The fourth-order valence-electron chi connectivity index (χ4n) is 5.30. The molecule has 1 N–H and O–H groups in total. The fourth-order valence-corrected chi connectivity index (χ4v) is 5.30. The maximum absolute atomic E-state index is 12.8. The minimum atomic E-state index is -0.264. The highest BCUT2D eigenvalue weighted by molar-refractivity contribution is 5.83. The van der Waals surface area contributed by atoms with Crippen LogP contribution in [0.4, 0.5) is 10.6 Å². The van der Waals surface area contributed by atoms with Crippen molar-refractivity contribution in [3.63, 3.8) is 0 Å². The Morgan fingerprint density at radius 1 is 1.17 bits per heavy atom. The molecule has 1 aliphatic carbocycles. The maximum Gasteiger partial charge on any atom is 0.410 e. The van der Waals surface area contributed by atoms with Crippen LogP contribution in [-0.4, -0.2) is 63.3 Å². The standard InChI is InChI=1S/C27H30N6O3/c34-27(36-15-19-6-2-1-3-7-19)32-13-11-20-8-4-10-23(22(20)14-32)35-16-21-9-5-12-33(21)26-24-25(29-17-28-24)30-18-31-26/h1-2,4,6,8,10,17-18,21H,3,5,7,9,11-16H2,(H,28,29,30,31). The summed E-state index contributed by atoms with van der Waals surface area (Å²) in [6, 6.07) is 6.37. The van der Waals surface area contributed by atoms with Gasteiger partial charge < -0.3 is 24.3 Å². The van der Waals surface area contributed by atoms with Crippen molar-refractivity contribution < 1.29 is 14.3 Å². The highest BCUT2D eigenvalue weighted by atomic mass is 16.6. The van der Waals surface area contributed by atoms with Gasteiger partial charge in [-0.1, -0.05) is 30.4 Å². The van der Waals surface area contributed by atoms with E-state index in [0.29, 0.717) is 32.0 Å². The van der Waals surface area contributed by atoms with Gasteiger partial charge >= 0.3 is 6.09 Å². The van der Waals surface area contributed by atoms with Crippen molar-refractivity contribution in [2.45, 2.75) is 44.7 Å². The molecule has 0 radical (unpaired) electrons. The summed E-state index contributed by atoms with van der Waals surface area (Å²) < 4.78 is 12.0. The number of nitrogens with one attached hydrogen (secondary N) is 1. The first-order chi connectivity index (χ1) is 17.8. The van der Waals surface area contributed by atoms with Crippen molar-refractivity contribution in [2.75, 3.05) is 31.2 Å². The number of fused-ring (bicyclic) bond motifs is 2. The maximum atomic E-state index is 12.8. The van der Waals surface area contributed by atoms with Gasteiger partial charge in [0.2, 0.25) is 0 Å². The molecule has 186 valence electrons. The molecule has 0 bridgehead atoms. The number of nitrogens with zero attached hydrogens (tertiary/aromatic N) is 5. The Bertz CT molecular complexity index is 1320. The lowest BCUT2D eigenvalue weighted by Crippen LogP contribution is -2.37. The van der Waals surface area contributed by atoms with E-state index < -0.39 is 0 Å². The van der Waals surface area contributed by atoms with Crippen LogP contribution in [0.5, 0.6) is 5.75 Å². The van der Waals surface area contributed by atoms with Crippen LogP contribution in [0, 0.1) is 0 Å². The number of carbonyl (C=O) groups is 1. The van der Waals surface area contributed by atoms with Gasteiger partial charge in [0.15, 0.2) is 11.5 Å². The normalized spacial score (nSPS) is 19.3. The average molecular weight is 487 g/mol. The van der Waals surface area contributed by atoms with Gasteiger partial charge in [0, 0.05) is 18.7 Å². The number of rotatable bonds is 6.